The van der Waals surface area contributed by atoms with Crippen molar-refractivity contribution in [1.29, 1.82) is 5.26 Å². The van der Waals surface area contributed by atoms with E-state index in [4.69, 9.17) is 5.26 Å². The second-order valence-electron chi connectivity index (χ2n) is 5.29. The Morgan fingerprint density at radius 2 is 2.10 bits per heavy atom. The zero-order valence-corrected chi connectivity index (χ0v) is 13.0. The van der Waals surface area contributed by atoms with Gasteiger partial charge in [0.1, 0.15) is 0 Å². The minimum absolute atomic E-state index is 0.510. The Hall–Kier alpha value is -1.02. The van der Waals surface area contributed by atoms with E-state index in [-0.39, 0.29) is 0 Å². The van der Waals surface area contributed by atoms with Crippen LogP contribution in [-0.2, 0) is 0 Å². The summed E-state index contributed by atoms with van der Waals surface area (Å²) in [5.41, 5.74) is 1.42. The van der Waals surface area contributed by atoms with Gasteiger partial charge in [0.15, 0.2) is 0 Å². The number of hydrogen-bond donors (Lipinski definition) is 0. The molecule has 3 nitrogen and oxygen atoms in total. The van der Waals surface area contributed by atoms with Crippen LogP contribution in [0.1, 0.15) is 18.0 Å². The van der Waals surface area contributed by atoms with E-state index in [0.717, 1.165) is 31.9 Å². The van der Waals surface area contributed by atoms with Gasteiger partial charge in [0.25, 0.3) is 0 Å². The smallest absolute Gasteiger partial charge is 0.0808 e. The predicted molar refractivity (Wildman–Crippen MR) is 85.8 cm³/mol. The molecule has 1 aromatic rings. The van der Waals surface area contributed by atoms with Crippen molar-refractivity contribution in [1.82, 2.24) is 9.80 Å². The zero-order valence-electron chi connectivity index (χ0n) is 12.2. The van der Waals surface area contributed by atoms with Gasteiger partial charge in [-0.05, 0) is 31.3 Å². The van der Waals surface area contributed by atoms with Gasteiger partial charge in [0.05, 0.1) is 11.8 Å². The lowest BCUT2D eigenvalue weighted by Gasteiger charge is -2.40. The highest BCUT2D eigenvalue weighted by atomic mass is 32.2. The molecular weight excluding hydrogens is 266 g/mol. The van der Waals surface area contributed by atoms with Gasteiger partial charge >= 0.3 is 0 Å². The second-order valence-corrected chi connectivity index (χ2v) is 6.39. The SMILES string of the molecule is CN1CCN(CCCSCC#N)C(c2ccccc2)C1. The highest BCUT2D eigenvalue weighted by Crippen LogP contribution is 2.25. The lowest BCUT2D eigenvalue weighted by Crippen LogP contribution is -2.47. The fraction of sp³-hybridized carbons (Fsp3) is 0.562. The summed E-state index contributed by atoms with van der Waals surface area (Å²) in [5, 5.41) is 8.55. The summed E-state index contributed by atoms with van der Waals surface area (Å²) in [6.07, 6.45) is 1.17. The fourth-order valence-corrected chi connectivity index (χ4v) is 3.27. The third-order valence-electron chi connectivity index (χ3n) is 3.78. The van der Waals surface area contributed by atoms with Crippen molar-refractivity contribution in [2.24, 2.45) is 0 Å². The second kappa shape index (κ2) is 8.31. The summed E-state index contributed by atoms with van der Waals surface area (Å²) in [6, 6.07) is 13.5. The van der Waals surface area contributed by atoms with Gasteiger partial charge < -0.3 is 4.90 Å². The first kappa shape index (κ1) is 15.4. The van der Waals surface area contributed by atoms with Crippen LogP contribution in [0.3, 0.4) is 0 Å². The number of nitriles is 1. The van der Waals surface area contributed by atoms with Crippen LogP contribution in [0.25, 0.3) is 0 Å². The minimum atomic E-state index is 0.510. The van der Waals surface area contributed by atoms with Crippen LogP contribution in [0.5, 0.6) is 0 Å². The maximum absolute atomic E-state index is 8.55. The van der Waals surface area contributed by atoms with Crippen molar-refractivity contribution in [3.8, 4) is 6.07 Å². The largest absolute Gasteiger partial charge is 0.303 e. The molecule has 0 amide bonds. The van der Waals surface area contributed by atoms with E-state index in [9.17, 15) is 0 Å². The molecule has 1 saturated heterocycles. The molecule has 1 fully saturated rings. The van der Waals surface area contributed by atoms with Crippen LogP contribution >= 0.6 is 11.8 Å². The number of likely N-dealkylation sites (N-methyl/N-ethyl adjacent to an activating group) is 1. The normalized spacial score (nSPS) is 20.7. The van der Waals surface area contributed by atoms with Crippen molar-refractivity contribution >= 4 is 11.8 Å². The van der Waals surface area contributed by atoms with Gasteiger partial charge in [-0.15, -0.1) is 11.8 Å². The van der Waals surface area contributed by atoms with Gasteiger partial charge in [-0.1, -0.05) is 30.3 Å². The summed E-state index contributed by atoms with van der Waals surface area (Å²) in [4.78, 5) is 5.01. The molecule has 0 N–H and O–H groups in total. The van der Waals surface area contributed by atoms with Crippen LogP contribution in [0.15, 0.2) is 30.3 Å². The van der Waals surface area contributed by atoms with Crippen LogP contribution in [0.4, 0.5) is 0 Å². The fourth-order valence-electron chi connectivity index (χ4n) is 2.70. The van der Waals surface area contributed by atoms with E-state index in [1.807, 2.05) is 0 Å². The first-order chi connectivity index (χ1) is 9.81. The summed E-state index contributed by atoms with van der Waals surface area (Å²) in [6.45, 7) is 4.52. The molecule has 1 aromatic carbocycles. The lowest BCUT2D eigenvalue weighted by atomic mass is 10.0. The molecule has 20 heavy (non-hydrogen) atoms. The van der Waals surface area contributed by atoms with Crippen LogP contribution in [0, 0.1) is 11.3 Å². The summed E-state index contributed by atoms with van der Waals surface area (Å²) < 4.78 is 0. The molecule has 2 rings (SSSR count). The Kier molecular flexibility index (Phi) is 6.38. The van der Waals surface area contributed by atoms with Crippen molar-refractivity contribution in [2.45, 2.75) is 12.5 Å². The van der Waals surface area contributed by atoms with Crippen LogP contribution in [-0.4, -0.2) is 54.5 Å². The summed E-state index contributed by atoms with van der Waals surface area (Å²) in [5.74, 6) is 1.70. The molecule has 108 valence electrons. The third-order valence-corrected chi connectivity index (χ3v) is 4.69. The van der Waals surface area contributed by atoms with E-state index in [1.54, 1.807) is 11.8 Å². The predicted octanol–water partition coefficient (Wildman–Crippen LogP) is 2.62. The molecule has 0 radical (unpaired) electrons. The number of piperazine rings is 1. The lowest BCUT2D eigenvalue weighted by molar-refractivity contribution is 0.0903. The highest BCUT2D eigenvalue weighted by molar-refractivity contribution is 7.99. The molecule has 4 heteroatoms. The molecule has 0 spiro atoms. The molecule has 1 aliphatic heterocycles. The highest BCUT2D eigenvalue weighted by Gasteiger charge is 2.25. The Labute approximate surface area is 126 Å². The number of benzene rings is 1. The molecule has 1 heterocycles. The van der Waals surface area contributed by atoms with Crippen LogP contribution in [0.2, 0.25) is 0 Å². The van der Waals surface area contributed by atoms with Crippen molar-refractivity contribution in [3.63, 3.8) is 0 Å². The monoisotopic (exact) mass is 289 g/mol. The molecular formula is C16H23N3S. The first-order valence-electron chi connectivity index (χ1n) is 7.23. The van der Waals surface area contributed by atoms with Crippen molar-refractivity contribution < 1.29 is 0 Å². The quantitative estimate of drug-likeness (QED) is 0.753. The Morgan fingerprint density at radius 1 is 1.30 bits per heavy atom. The maximum atomic E-state index is 8.55. The molecule has 1 atom stereocenters. The Bertz CT molecular complexity index is 429. The van der Waals surface area contributed by atoms with Gasteiger partial charge in [-0.3, -0.25) is 4.90 Å². The minimum Gasteiger partial charge on any atom is -0.303 e. The average Bonchev–Trinajstić information content (AvgIpc) is 2.49. The molecule has 0 aromatic heterocycles. The van der Waals surface area contributed by atoms with Gasteiger partial charge in [0, 0.05) is 25.7 Å². The number of nitrogens with zero attached hydrogens (tertiary/aromatic N) is 3. The average molecular weight is 289 g/mol. The van der Waals surface area contributed by atoms with Crippen molar-refractivity contribution in [3.05, 3.63) is 35.9 Å². The van der Waals surface area contributed by atoms with Gasteiger partial charge in [-0.25, -0.2) is 0 Å². The van der Waals surface area contributed by atoms with E-state index in [2.05, 4.69) is 53.2 Å². The summed E-state index contributed by atoms with van der Waals surface area (Å²) in [7, 11) is 2.20. The third kappa shape index (κ3) is 4.52. The maximum Gasteiger partial charge on any atom is 0.0808 e. The summed E-state index contributed by atoms with van der Waals surface area (Å²) >= 11 is 1.74. The molecule has 0 aliphatic carbocycles. The van der Waals surface area contributed by atoms with Crippen LogP contribution < -0.4 is 0 Å². The van der Waals surface area contributed by atoms with Gasteiger partial charge in [0.2, 0.25) is 0 Å². The van der Waals surface area contributed by atoms with E-state index in [1.165, 1.54) is 12.0 Å². The molecule has 0 bridgehead atoms. The van der Waals surface area contributed by atoms with Crippen molar-refractivity contribution in [2.75, 3.05) is 44.7 Å². The molecule has 1 aliphatic rings. The van der Waals surface area contributed by atoms with Gasteiger partial charge in [-0.2, -0.15) is 5.26 Å². The van der Waals surface area contributed by atoms with E-state index in [0.29, 0.717) is 11.8 Å². The number of rotatable bonds is 6. The molecule has 1 unspecified atom stereocenters. The molecule has 0 saturated carbocycles. The topological polar surface area (TPSA) is 30.3 Å². The number of thioether (sulfide) groups is 1. The number of hydrogen-bond acceptors (Lipinski definition) is 4. The zero-order chi connectivity index (χ0) is 14.2. The standard InChI is InChI=1S/C16H23N3S/c1-18-10-11-19(9-5-12-20-13-8-17)16(14-18)15-6-3-2-4-7-15/h2-4,6-7,16H,5,9-14H2,1H3. The Morgan fingerprint density at radius 3 is 2.85 bits per heavy atom. The Balaban J connectivity index is 1.90. The van der Waals surface area contributed by atoms with E-state index < -0.39 is 0 Å². The first-order valence-corrected chi connectivity index (χ1v) is 8.39. The van der Waals surface area contributed by atoms with E-state index >= 15 is 0 Å².